The van der Waals surface area contributed by atoms with E-state index in [0.717, 1.165) is 19.0 Å². The smallest absolute Gasteiger partial charge is 0.0396 e. The Morgan fingerprint density at radius 2 is 1.95 bits per heavy atom. The van der Waals surface area contributed by atoms with Gasteiger partial charge < -0.3 is 10.2 Å². The number of anilines is 1. The van der Waals surface area contributed by atoms with Crippen LogP contribution in [0.15, 0.2) is 18.2 Å². The molecule has 1 aliphatic heterocycles. The maximum Gasteiger partial charge on any atom is 0.0396 e. The molecule has 1 aromatic carbocycles. The van der Waals surface area contributed by atoms with Crippen molar-refractivity contribution in [1.29, 1.82) is 0 Å². The van der Waals surface area contributed by atoms with Crippen molar-refractivity contribution >= 4 is 5.69 Å². The average Bonchev–Trinajstić information content (AvgIpc) is 2.47. The summed E-state index contributed by atoms with van der Waals surface area (Å²) < 4.78 is 0. The maximum atomic E-state index is 3.53. The Balaban J connectivity index is 1.93. The van der Waals surface area contributed by atoms with Crippen LogP contribution in [-0.4, -0.2) is 19.6 Å². The zero-order valence-electron chi connectivity index (χ0n) is 14.3. The summed E-state index contributed by atoms with van der Waals surface area (Å²) >= 11 is 0. The van der Waals surface area contributed by atoms with Gasteiger partial charge in [0.25, 0.3) is 0 Å². The third-order valence-electron chi connectivity index (χ3n) is 4.68. The largest absolute Gasteiger partial charge is 0.371 e. The van der Waals surface area contributed by atoms with Crippen LogP contribution in [0, 0.1) is 18.8 Å². The molecule has 118 valence electrons. The Morgan fingerprint density at radius 1 is 1.24 bits per heavy atom. The minimum atomic E-state index is 0.713. The zero-order valence-corrected chi connectivity index (χ0v) is 14.3. The van der Waals surface area contributed by atoms with Crippen LogP contribution in [0.2, 0.25) is 0 Å². The fourth-order valence-electron chi connectivity index (χ4n) is 3.27. The van der Waals surface area contributed by atoms with Crippen molar-refractivity contribution < 1.29 is 0 Å². The number of nitrogens with one attached hydrogen (secondary N) is 1. The highest BCUT2D eigenvalue weighted by molar-refractivity contribution is 5.54. The van der Waals surface area contributed by atoms with Gasteiger partial charge >= 0.3 is 0 Å². The first-order valence-corrected chi connectivity index (χ1v) is 8.65. The van der Waals surface area contributed by atoms with E-state index < -0.39 is 0 Å². The van der Waals surface area contributed by atoms with Crippen molar-refractivity contribution in [2.75, 3.05) is 24.5 Å². The minimum Gasteiger partial charge on any atom is -0.371 e. The lowest BCUT2D eigenvalue weighted by Gasteiger charge is -2.34. The van der Waals surface area contributed by atoms with Crippen molar-refractivity contribution in [3.05, 3.63) is 29.3 Å². The number of piperidine rings is 1. The van der Waals surface area contributed by atoms with Gasteiger partial charge in [0.1, 0.15) is 0 Å². The van der Waals surface area contributed by atoms with Crippen molar-refractivity contribution in [2.45, 2.75) is 53.5 Å². The third kappa shape index (κ3) is 4.74. The molecule has 2 rings (SSSR count). The molecule has 1 fully saturated rings. The van der Waals surface area contributed by atoms with E-state index in [0.29, 0.717) is 5.92 Å². The van der Waals surface area contributed by atoms with Crippen LogP contribution in [0.5, 0.6) is 0 Å². The van der Waals surface area contributed by atoms with Gasteiger partial charge in [-0.1, -0.05) is 39.3 Å². The standard InChI is InChI=1S/C19H32N2/c1-5-17-8-10-21(11-9-17)19-7-6-18(12-16(19)4)14-20-13-15(2)3/h6-7,12,15,17,20H,5,8-11,13-14H2,1-4H3. The molecule has 0 spiro atoms. The lowest BCUT2D eigenvalue weighted by molar-refractivity contribution is 0.395. The second kappa shape index (κ2) is 7.84. The second-order valence-electron chi connectivity index (χ2n) is 6.98. The Labute approximate surface area is 130 Å². The van der Waals surface area contributed by atoms with Crippen molar-refractivity contribution in [3.63, 3.8) is 0 Å². The summed E-state index contributed by atoms with van der Waals surface area (Å²) in [4.78, 5) is 2.58. The summed E-state index contributed by atoms with van der Waals surface area (Å²) in [6.07, 6.45) is 4.05. The normalized spacial score (nSPS) is 16.7. The number of hydrogen-bond donors (Lipinski definition) is 1. The Bertz CT molecular complexity index is 431. The van der Waals surface area contributed by atoms with Gasteiger partial charge in [0, 0.05) is 25.3 Å². The number of nitrogens with zero attached hydrogens (tertiary/aromatic N) is 1. The van der Waals surface area contributed by atoms with E-state index in [1.807, 2.05) is 0 Å². The van der Waals surface area contributed by atoms with Crippen LogP contribution < -0.4 is 10.2 Å². The van der Waals surface area contributed by atoms with Gasteiger partial charge in [0.15, 0.2) is 0 Å². The van der Waals surface area contributed by atoms with Gasteiger partial charge in [-0.25, -0.2) is 0 Å². The molecule has 0 aromatic heterocycles. The Morgan fingerprint density at radius 3 is 2.52 bits per heavy atom. The number of hydrogen-bond acceptors (Lipinski definition) is 2. The molecule has 1 aliphatic rings. The maximum absolute atomic E-state index is 3.53. The van der Waals surface area contributed by atoms with E-state index in [4.69, 9.17) is 0 Å². The van der Waals surface area contributed by atoms with Gasteiger partial charge in [-0.15, -0.1) is 0 Å². The summed E-state index contributed by atoms with van der Waals surface area (Å²) in [6, 6.07) is 6.98. The van der Waals surface area contributed by atoms with Gasteiger partial charge in [-0.3, -0.25) is 0 Å². The molecule has 2 nitrogen and oxygen atoms in total. The van der Waals surface area contributed by atoms with E-state index >= 15 is 0 Å². The van der Waals surface area contributed by atoms with E-state index in [9.17, 15) is 0 Å². The molecule has 1 N–H and O–H groups in total. The molecule has 0 unspecified atom stereocenters. The topological polar surface area (TPSA) is 15.3 Å². The first-order chi connectivity index (χ1) is 10.1. The predicted molar refractivity (Wildman–Crippen MR) is 93.0 cm³/mol. The van der Waals surface area contributed by atoms with Crippen LogP contribution in [-0.2, 0) is 6.54 Å². The monoisotopic (exact) mass is 288 g/mol. The fraction of sp³-hybridized carbons (Fsp3) is 0.684. The van der Waals surface area contributed by atoms with Crippen LogP contribution in [0.3, 0.4) is 0 Å². The van der Waals surface area contributed by atoms with E-state index in [-0.39, 0.29) is 0 Å². The molecule has 1 saturated heterocycles. The first kappa shape index (κ1) is 16.4. The van der Waals surface area contributed by atoms with Gasteiger partial charge in [-0.05, 0) is 55.3 Å². The minimum absolute atomic E-state index is 0.713. The van der Waals surface area contributed by atoms with Crippen molar-refractivity contribution in [2.24, 2.45) is 11.8 Å². The summed E-state index contributed by atoms with van der Waals surface area (Å²) in [5.74, 6) is 1.66. The zero-order chi connectivity index (χ0) is 15.2. The van der Waals surface area contributed by atoms with Crippen LogP contribution >= 0.6 is 0 Å². The Kier molecular flexibility index (Phi) is 6.10. The average molecular weight is 288 g/mol. The van der Waals surface area contributed by atoms with E-state index in [1.165, 1.54) is 49.2 Å². The SMILES string of the molecule is CCC1CCN(c2ccc(CNCC(C)C)cc2C)CC1. The second-order valence-corrected chi connectivity index (χ2v) is 6.98. The molecule has 0 amide bonds. The first-order valence-electron chi connectivity index (χ1n) is 8.65. The van der Waals surface area contributed by atoms with E-state index in [2.05, 4.69) is 56.1 Å². The quantitative estimate of drug-likeness (QED) is 0.836. The third-order valence-corrected chi connectivity index (χ3v) is 4.68. The molecule has 2 heteroatoms. The van der Waals surface area contributed by atoms with Crippen LogP contribution in [0.4, 0.5) is 5.69 Å². The molecule has 0 bridgehead atoms. The molecular weight excluding hydrogens is 256 g/mol. The number of benzene rings is 1. The molecule has 0 atom stereocenters. The summed E-state index contributed by atoms with van der Waals surface area (Å²) in [5, 5.41) is 3.53. The molecule has 0 aliphatic carbocycles. The highest BCUT2D eigenvalue weighted by atomic mass is 15.1. The fourth-order valence-corrected chi connectivity index (χ4v) is 3.27. The Hall–Kier alpha value is -1.02. The molecule has 1 heterocycles. The van der Waals surface area contributed by atoms with Gasteiger partial charge in [-0.2, -0.15) is 0 Å². The number of aryl methyl sites for hydroxylation is 1. The molecular formula is C19H32N2. The highest BCUT2D eigenvalue weighted by Crippen LogP contribution is 2.27. The predicted octanol–water partition coefficient (Wildman–Crippen LogP) is 4.37. The molecule has 0 saturated carbocycles. The van der Waals surface area contributed by atoms with Crippen LogP contribution in [0.1, 0.15) is 51.2 Å². The molecule has 0 radical (unpaired) electrons. The lowest BCUT2D eigenvalue weighted by atomic mass is 9.93. The van der Waals surface area contributed by atoms with E-state index in [1.54, 1.807) is 0 Å². The summed E-state index contributed by atoms with van der Waals surface area (Å²) in [5.41, 5.74) is 4.27. The van der Waals surface area contributed by atoms with Crippen molar-refractivity contribution in [3.8, 4) is 0 Å². The number of rotatable bonds is 6. The summed E-state index contributed by atoms with van der Waals surface area (Å²) in [7, 11) is 0. The molecule has 21 heavy (non-hydrogen) atoms. The lowest BCUT2D eigenvalue weighted by Crippen LogP contribution is -2.33. The molecule has 1 aromatic rings. The van der Waals surface area contributed by atoms with Gasteiger partial charge in [0.2, 0.25) is 0 Å². The highest BCUT2D eigenvalue weighted by Gasteiger charge is 2.19. The van der Waals surface area contributed by atoms with Gasteiger partial charge in [0.05, 0.1) is 0 Å². The summed E-state index contributed by atoms with van der Waals surface area (Å²) in [6.45, 7) is 13.6. The van der Waals surface area contributed by atoms with Crippen LogP contribution in [0.25, 0.3) is 0 Å². The van der Waals surface area contributed by atoms with Crippen molar-refractivity contribution in [1.82, 2.24) is 5.32 Å².